The number of rotatable bonds is 2. The Labute approximate surface area is 92.7 Å². The molecule has 1 unspecified atom stereocenters. The van der Waals surface area contributed by atoms with Crippen LogP contribution in [0, 0.1) is 0 Å². The summed E-state index contributed by atoms with van der Waals surface area (Å²) in [5.41, 5.74) is 1.62. The molecule has 0 spiro atoms. The molecular formula is C10H13N5O. The highest BCUT2D eigenvalue weighted by Gasteiger charge is 2.24. The number of H-pyrrole nitrogens is 1. The molecule has 0 aromatic carbocycles. The van der Waals surface area contributed by atoms with Crippen LogP contribution in [0.1, 0.15) is 6.42 Å². The van der Waals surface area contributed by atoms with Gasteiger partial charge in [0.2, 0.25) is 0 Å². The lowest BCUT2D eigenvalue weighted by molar-refractivity contribution is 0.121. The van der Waals surface area contributed by atoms with Crippen molar-refractivity contribution in [3.63, 3.8) is 0 Å². The smallest absolute Gasteiger partial charge is 0.182 e. The van der Waals surface area contributed by atoms with Gasteiger partial charge in [0.25, 0.3) is 0 Å². The molecular weight excluding hydrogens is 206 g/mol. The molecule has 2 aromatic heterocycles. The largest absolute Gasteiger partial charge is 0.380 e. The summed E-state index contributed by atoms with van der Waals surface area (Å²) in [6.45, 7) is 1.84. The fraction of sp³-hybridized carbons (Fsp3) is 0.500. The fourth-order valence-electron chi connectivity index (χ4n) is 2.11. The highest BCUT2D eigenvalue weighted by atomic mass is 16.5. The molecule has 3 heterocycles. The molecule has 3 rings (SSSR count). The van der Waals surface area contributed by atoms with Gasteiger partial charge in [-0.3, -0.25) is 0 Å². The second-order valence-electron chi connectivity index (χ2n) is 3.89. The van der Waals surface area contributed by atoms with E-state index in [1.165, 1.54) is 0 Å². The maximum Gasteiger partial charge on any atom is 0.182 e. The number of methoxy groups -OCH3 is 1. The van der Waals surface area contributed by atoms with Gasteiger partial charge in [0.1, 0.15) is 11.8 Å². The van der Waals surface area contributed by atoms with Crippen LogP contribution in [-0.4, -0.2) is 46.2 Å². The standard InChI is InChI=1S/C10H13N5O/c1-16-7-2-3-15(4-7)10-8-9(12-5-11-8)13-6-14-10/h5-7H,2-4H2,1H3,(H,11,12,13,14). The van der Waals surface area contributed by atoms with Crippen molar-refractivity contribution in [1.82, 2.24) is 19.9 Å². The molecule has 1 atom stereocenters. The van der Waals surface area contributed by atoms with Gasteiger partial charge in [0.15, 0.2) is 11.5 Å². The molecule has 1 aliphatic heterocycles. The van der Waals surface area contributed by atoms with E-state index in [0.29, 0.717) is 11.8 Å². The number of hydrogen-bond acceptors (Lipinski definition) is 5. The Morgan fingerprint density at radius 2 is 2.38 bits per heavy atom. The Kier molecular flexibility index (Phi) is 2.21. The van der Waals surface area contributed by atoms with E-state index >= 15 is 0 Å². The average Bonchev–Trinajstić information content (AvgIpc) is 2.97. The number of fused-ring (bicyclic) bond motifs is 1. The molecule has 0 saturated carbocycles. The van der Waals surface area contributed by atoms with E-state index in [-0.39, 0.29) is 0 Å². The topological polar surface area (TPSA) is 66.9 Å². The van der Waals surface area contributed by atoms with E-state index < -0.39 is 0 Å². The van der Waals surface area contributed by atoms with Crippen LogP contribution < -0.4 is 4.90 Å². The molecule has 0 bridgehead atoms. The van der Waals surface area contributed by atoms with Gasteiger partial charge in [-0.05, 0) is 6.42 Å². The second-order valence-corrected chi connectivity index (χ2v) is 3.89. The van der Waals surface area contributed by atoms with Crippen molar-refractivity contribution in [2.75, 3.05) is 25.1 Å². The van der Waals surface area contributed by atoms with E-state index in [2.05, 4.69) is 24.8 Å². The molecule has 6 nitrogen and oxygen atoms in total. The number of nitrogens with zero attached hydrogens (tertiary/aromatic N) is 4. The number of nitrogens with one attached hydrogen (secondary N) is 1. The van der Waals surface area contributed by atoms with Gasteiger partial charge in [-0.1, -0.05) is 0 Å². The van der Waals surface area contributed by atoms with Gasteiger partial charge >= 0.3 is 0 Å². The summed E-state index contributed by atoms with van der Waals surface area (Å²) in [7, 11) is 1.75. The molecule has 1 N–H and O–H groups in total. The van der Waals surface area contributed by atoms with Crippen LogP contribution in [0.15, 0.2) is 12.7 Å². The van der Waals surface area contributed by atoms with E-state index in [1.54, 1.807) is 19.8 Å². The normalized spacial score (nSPS) is 20.8. The molecule has 1 fully saturated rings. The molecule has 0 amide bonds. The van der Waals surface area contributed by atoms with Gasteiger partial charge in [-0.2, -0.15) is 0 Å². The van der Waals surface area contributed by atoms with Crippen molar-refractivity contribution in [1.29, 1.82) is 0 Å². The van der Waals surface area contributed by atoms with Crippen molar-refractivity contribution in [3.8, 4) is 0 Å². The first kappa shape index (κ1) is 9.53. The number of ether oxygens (including phenoxy) is 1. The quantitative estimate of drug-likeness (QED) is 0.800. The Hall–Kier alpha value is -1.69. The van der Waals surface area contributed by atoms with Crippen molar-refractivity contribution in [2.24, 2.45) is 0 Å². The lowest BCUT2D eigenvalue weighted by atomic mass is 10.3. The maximum absolute atomic E-state index is 5.35. The van der Waals surface area contributed by atoms with Crippen LogP contribution in [0.5, 0.6) is 0 Å². The minimum Gasteiger partial charge on any atom is -0.380 e. The fourth-order valence-corrected chi connectivity index (χ4v) is 2.11. The number of aromatic amines is 1. The molecule has 16 heavy (non-hydrogen) atoms. The van der Waals surface area contributed by atoms with Crippen LogP contribution in [0.2, 0.25) is 0 Å². The predicted octanol–water partition coefficient (Wildman–Crippen LogP) is 0.578. The third-order valence-corrected chi connectivity index (χ3v) is 2.98. The summed E-state index contributed by atoms with van der Waals surface area (Å²) in [6, 6.07) is 0. The van der Waals surface area contributed by atoms with Crippen molar-refractivity contribution in [2.45, 2.75) is 12.5 Å². The molecule has 2 aromatic rings. The van der Waals surface area contributed by atoms with E-state index in [4.69, 9.17) is 4.74 Å². The predicted molar refractivity (Wildman–Crippen MR) is 59.3 cm³/mol. The van der Waals surface area contributed by atoms with Crippen LogP contribution in [0.25, 0.3) is 11.2 Å². The monoisotopic (exact) mass is 219 g/mol. The number of imidazole rings is 1. The first-order valence-electron chi connectivity index (χ1n) is 5.30. The first-order valence-corrected chi connectivity index (χ1v) is 5.30. The van der Waals surface area contributed by atoms with Gasteiger partial charge in [0, 0.05) is 20.2 Å². The van der Waals surface area contributed by atoms with E-state index in [9.17, 15) is 0 Å². The van der Waals surface area contributed by atoms with Crippen molar-refractivity contribution < 1.29 is 4.74 Å². The average molecular weight is 219 g/mol. The van der Waals surface area contributed by atoms with E-state index in [1.807, 2.05) is 0 Å². The Morgan fingerprint density at radius 3 is 3.19 bits per heavy atom. The zero-order valence-electron chi connectivity index (χ0n) is 9.05. The van der Waals surface area contributed by atoms with Gasteiger partial charge in [0.05, 0.1) is 12.4 Å². The summed E-state index contributed by atoms with van der Waals surface area (Å²) in [5.74, 6) is 0.919. The lowest BCUT2D eigenvalue weighted by Crippen LogP contribution is -2.23. The van der Waals surface area contributed by atoms with Crippen LogP contribution in [0.3, 0.4) is 0 Å². The highest BCUT2D eigenvalue weighted by molar-refractivity contribution is 5.82. The zero-order chi connectivity index (χ0) is 11.0. The van der Waals surface area contributed by atoms with Crippen molar-refractivity contribution in [3.05, 3.63) is 12.7 Å². The Balaban J connectivity index is 1.97. The van der Waals surface area contributed by atoms with Crippen molar-refractivity contribution >= 4 is 17.0 Å². The van der Waals surface area contributed by atoms with Gasteiger partial charge in [-0.25, -0.2) is 15.0 Å². The summed E-state index contributed by atoms with van der Waals surface area (Å²) >= 11 is 0. The first-order chi connectivity index (χ1) is 7.88. The Morgan fingerprint density at radius 1 is 1.44 bits per heavy atom. The number of anilines is 1. The Bertz CT molecular complexity index is 497. The summed E-state index contributed by atoms with van der Waals surface area (Å²) < 4.78 is 5.35. The number of hydrogen-bond donors (Lipinski definition) is 1. The maximum atomic E-state index is 5.35. The van der Waals surface area contributed by atoms with E-state index in [0.717, 1.165) is 30.8 Å². The van der Waals surface area contributed by atoms with Crippen LogP contribution in [-0.2, 0) is 4.74 Å². The minimum atomic E-state index is 0.299. The summed E-state index contributed by atoms with van der Waals surface area (Å²) in [5, 5.41) is 0. The van der Waals surface area contributed by atoms with Crippen LogP contribution in [0.4, 0.5) is 5.82 Å². The van der Waals surface area contributed by atoms with Gasteiger partial charge in [-0.15, -0.1) is 0 Å². The molecule has 0 radical (unpaired) electrons. The molecule has 84 valence electrons. The van der Waals surface area contributed by atoms with Crippen LogP contribution >= 0.6 is 0 Å². The minimum absolute atomic E-state index is 0.299. The molecule has 6 heteroatoms. The third kappa shape index (κ3) is 1.42. The molecule has 1 saturated heterocycles. The number of aromatic nitrogens is 4. The summed E-state index contributed by atoms with van der Waals surface area (Å²) in [6.07, 6.45) is 4.54. The third-order valence-electron chi connectivity index (χ3n) is 2.98. The summed E-state index contributed by atoms with van der Waals surface area (Å²) in [4.78, 5) is 17.8. The molecule has 1 aliphatic rings. The van der Waals surface area contributed by atoms with Gasteiger partial charge < -0.3 is 14.6 Å². The lowest BCUT2D eigenvalue weighted by Gasteiger charge is -2.16. The second kappa shape index (κ2) is 3.71. The zero-order valence-corrected chi connectivity index (χ0v) is 9.05. The molecule has 0 aliphatic carbocycles. The highest BCUT2D eigenvalue weighted by Crippen LogP contribution is 2.24. The SMILES string of the molecule is COC1CCN(c2ncnc3nc[nH]c23)C1.